The minimum absolute atomic E-state index is 0.430. The lowest BCUT2D eigenvalue weighted by molar-refractivity contribution is 0.389. The monoisotopic (exact) mass is 339 g/mol. The van der Waals surface area contributed by atoms with E-state index in [4.69, 9.17) is 0 Å². The second-order valence-corrected chi connectivity index (χ2v) is 6.07. The van der Waals surface area contributed by atoms with Crippen LogP contribution in [0.1, 0.15) is 23.6 Å². The lowest BCUT2D eigenvalue weighted by Gasteiger charge is -2.17. The number of nitrogens with zero attached hydrogens (tertiary/aromatic N) is 3. The molecule has 130 valence electrons. The Kier molecular flexibility index (Phi) is 4.22. The van der Waals surface area contributed by atoms with Crippen molar-refractivity contribution in [3.8, 4) is 0 Å². The molecule has 0 bridgehead atoms. The number of hydrazine groups is 1. The normalized spacial score (nSPS) is 18.5. The summed E-state index contributed by atoms with van der Waals surface area (Å²) < 4.78 is 0. The minimum atomic E-state index is 0.430. The average molecular weight is 339 g/mol. The Morgan fingerprint density at radius 2 is 2.20 bits per heavy atom. The van der Waals surface area contributed by atoms with Gasteiger partial charge in [0.2, 0.25) is 0 Å². The molecular formula is C17H21N7O. The molecule has 0 saturated heterocycles. The van der Waals surface area contributed by atoms with Crippen LogP contribution in [0.3, 0.4) is 0 Å². The van der Waals surface area contributed by atoms with Gasteiger partial charge in [-0.15, -0.1) is 0 Å². The van der Waals surface area contributed by atoms with Gasteiger partial charge in [-0.05, 0) is 55.3 Å². The quantitative estimate of drug-likeness (QED) is 0.533. The summed E-state index contributed by atoms with van der Waals surface area (Å²) in [4.78, 5) is 4.55. The molecule has 5 N–H and O–H groups in total. The summed E-state index contributed by atoms with van der Waals surface area (Å²) >= 11 is 0. The highest BCUT2D eigenvalue weighted by atomic mass is 16.5. The van der Waals surface area contributed by atoms with E-state index in [0.29, 0.717) is 29.9 Å². The smallest absolute Gasteiger partial charge is 0.168 e. The van der Waals surface area contributed by atoms with Gasteiger partial charge in [0.15, 0.2) is 11.6 Å². The van der Waals surface area contributed by atoms with Crippen LogP contribution in [0.5, 0.6) is 0 Å². The first-order chi connectivity index (χ1) is 12.3. The first kappa shape index (κ1) is 15.8. The van der Waals surface area contributed by atoms with Crippen molar-refractivity contribution in [1.82, 2.24) is 15.7 Å². The number of anilines is 4. The molecule has 4 rings (SSSR count). The zero-order chi connectivity index (χ0) is 17.2. The molecule has 8 heteroatoms. The second-order valence-electron chi connectivity index (χ2n) is 6.07. The molecule has 1 atom stereocenters. The van der Waals surface area contributed by atoms with E-state index in [1.54, 1.807) is 23.5 Å². The fourth-order valence-electron chi connectivity index (χ4n) is 3.31. The number of benzene rings is 1. The van der Waals surface area contributed by atoms with Crippen molar-refractivity contribution in [2.45, 2.75) is 18.9 Å². The summed E-state index contributed by atoms with van der Waals surface area (Å²) in [6.45, 7) is 0.669. The topological polar surface area (TPSA) is 96.8 Å². The summed E-state index contributed by atoms with van der Waals surface area (Å²) in [5.41, 5.74) is 9.40. The molecule has 2 aromatic rings. The maximum absolute atomic E-state index is 9.38. The lowest BCUT2D eigenvalue weighted by Crippen LogP contribution is -2.29. The Morgan fingerprint density at radius 1 is 1.28 bits per heavy atom. The van der Waals surface area contributed by atoms with Gasteiger partial charge in [-0.3, -0.25) is 10.7 Å². The van der Waals surface area contributed by atoms with E-state index in [2.05, 4.69) is 43.8 Å². The fourth-order valence-corrected chi connectivity index (χ4v) is 3.31. The van der Waals surface area contributed by atoms with Crippen LogP contribution >= 0.6 is 0 Å². The average Bonchev–Trinajstić information content (AvgIpc) is 3.31. The summed E-state index contributed by atoms with van der Waals surface area (Å²) in [5.74, 6) is 1.18. The van der Waals surface area contributed by atoms with Crippen molar-refractivity contribution < 1.29 is 5.21 Å². The van der Waals surface area contributed by atoms with Crippen LogP contribution in [0.25, 0.3) is 0 Å². The summed E-state index contributed by atoms with van der Waals surface area (Å²) in [7, 11) is 2.00. The van der Waals surface area contributed by atoms with E-state index < -0.39 is 0 Å². The number of hydrogen-bond acceptors (Lipinski definition) is 8. The van der Waals surface area contributed by atoms with Gasteiger partial charge < -0.3 is 10.6 Å². The Bertz CT molecular complexity index is 808. The number of fused-ring (bicyclic) bond motifs is 1. The molecule has 1 aromatic heterocycles. The molecule has 0 radical (unpaired) electrons. The number of hydrazone groups is 1. The van der Waals surface area contributed by atoms with Crippen molar-refractivity contribution in [3.63, 3.8) is 0 Å². The molecule has 0 spiro atoms. The van der Waals surface area contributed by atoms with Gasteiger partial charge in [-0.2, -0.15) is 10.2 Å². The third-order valence-electron chi connectivity index (χ3n) is 4.58. The summed E-state index contributed by atoms with van der Waals surface area (Å²) in [5, 5.41) is 21.8. The van der Waals surface area contributed by atoms with E-state index in [0.717, 1.165) is 18.5 Å². The molecule has 1 unspecified atom stereocenters. The van der Waals surface area contributed by atoms with Crippen LogP contribution in [0.15, 0.2) is 35.4 Å². The molecule has 8 nitrogen and oxygen atoms in total. The number of aromatic nitrogens is 1. The molecule has 1 aliphatic carbocycles. The Balaban J connectivity index is 1.61. The van der Waals surface area contributed by atoms with Gasteiger partial charge in [0.25, 0.3) is 0 Å². The second kappa shape index (κ2) is 6.67. The van der Waals surface area contributed by atoms with Gasteiger partial charge in [0, 0.05) is 17.9 Å². The van der Waals surface area contributed by atoms with Gasteiger partial charge in [-0.25, -0.2) is 10.4 Å². The Labute approximate surface area is 145 Å². The van der Waals surface area contributed by atoms with Crippen LogP contribution in [-0.4, -0.2) is 30.0 Å². The molecular weight excluding hydrogens is 318 g/mol. The van der Waals surface area contributed by atoms with Gasteiger partial charge >= 0.3 is 0 Å². The lowest BCUT2D eigenvalue weighted by atomic mass is 10.1. The number of pyridine rings is 1. The van der Waals surface area contributed by atoms with E-state index in [1.165, 1.54) is 11.1 Å². The predicted molar refractivity (Wildman–Crippen MR) is 98.5 cm³/mol. The maximum Gasteiger partial charge on any atom is 0.168 e. The largest absolute Gasteiger partial charge is 0.338 e. The van der Waals surface area contributed by atoms with E-state index >= 15 is 0 Å². The highest BCUT2D eigenvalue weighted by Crippen LogP contribution is 2.34. The maximum atomic E-state index is 9.38. The van der Waals surface area contributed by atoms with E-state index in [9.17, 15) is 5.21 Å². The zero-order valence-corrected chi connectivity index (χ0v) is 14.0. The van der Waals surface area contributed by atoms with Crippen LogP contribution in [-0.2, 0) is 6.42 Å². The highest BCUT2D eigenvalue weighted by molar-refractivity contribution is 5.73. The number of nitrogens with one attached hydrogen (secondary N) is 4. The molecule has 2 aliphatic rings. The molecule has 0 fully saturated rings. The highest BCUT2D eigenvalue weighted by Gasteiger charge is 2.21. The molecule has 2 heterocycles. The summed E-state index contributed by atoms with van der Waals surface area (Å²) in [6, 6.07) is 10.3. The number of hydrogen-bond donors (Lipinski definition) is 5. The summed E-state index contributed by atoms with van der Waals surface area (Å²) in [6.07, 6.45) is 3.94. The molecule has 1 aromatic carbocycles. The molecule has 0 amide bonds. The Morgan fingerprint density at radius 3 is 2.96 bits per heavy atom. The number of rotatable bonds is 5. The van der Waals surface area contributed by atoms with Crippen LogP contribution in [0, 0.1) is 0 Å². The molecule has 1 aliphatic heterocycles. The van der Waals surface area contributed by atoms with Gasteiger partial charge in [0.1, 0.15) is 5.69 Å². The van der Waals surface area contributed by atoms with Gasteiger partial charge in [0.05, 0.1) is 6.54 Å². The standard InChI is InChI=1S/C17H21N7O/c1-18-14-5-2-11-10-12(3-4-13(11)14)21-17-15(23-25)6-7-16(22-17)24-19-8-9-20-24/h3-4,6-8,10,14,18,20,23,25H,2,5,9H2,1H3,(H,21,22). The predicted octanol–water partition coefficient (Wildman–Crippen LogP) is 2.14. The Hall–Kier alpha value is -2.68. The van der Waals surface area contributed by atoms with Crippen molar-refractivity contribution in [1.29, 1.82) is 0 Å². The van der Waals surface area contributed by atoms with Crippen LogP contribution in [0.2, 0.25) is 0 Å². The first-order valence-corrected chi connectivity index (χ1v) is 8.33. The third-order valence-corrected chi connectivity index (χ3v) is 4.58. The first-order valence-electron chi connectivity index (χ1n) is 8.33. The molecule has 25 heavy (non-hydrogen) atoms. The van der Waals surface area contributed by atoms with Crippen molar-refractivity contribution in [2.24, 2.45) is 5.10 Å². The van der Waals surface area contributed by atoms with Crippen LogP contribution in [0.4, 0.5) is 23.0 Å². The minimum Gasteiger partial charge on any atom is -0.338 e. The van der Waals surface area contributed by atoms with Crippen LogP contribution < -0.4 is 26.7 Å². The van der Waals surface area contributed by atoms with Gasteiger partial charge in [-0.1, -0.05) is 6.07 Å². The van der Waals surface area contributed by atoms with Crippen molar-refractivity contribution >= 4 is 29.2 Å². The van der Waals surface area contributed by atoms with Crippen molar-refractivity contribution in [2.75, 3.05) is 29.5 Å². The third kappa shape index (κ3) is 3.02. The zero-order valence-electron chi connectivity index (χ0n) is 14.0. The van der Waals surface area contributed by atoms with Crippen molar-refractivity contribution in [3.05, 3.63) is 41.5 Å². The van der Waals surface area contributed by atoms with E-state index in [1.807, 2.05) is 13.1 Å². The SMILES string of the molecule is CNC1CCc2cc(Nc3nc(N4N=CCN4)ccc3NO)ccc21. The molecule has 0 saturated carbocycles. The fraction of sp³-hybridized carbons (Fsp3) is 0.294. The number of aryl methyl sites for hydroxylation is 1. The van der Waals surface area contributed by atoms with E-state index in [-0.39, 0.29) is 0 Å².